The predicted octanol–water partition coefficient (Wildman–Crippen LogP) is -3.18. The maximum atomic E-state index is 11.9. The van der Waals surface area contributed by atoms with Gasteiger partial charge in [-0.05, 0) is 6.92 Å². The summed E-state index contributed by atoms with van der Waals surface area (Å²) >= 11 is 0. The average Bonchev–Trinajstić information content (AvgIpc) is 2.63. The fraction of sp³-hybridized carbons (Fsp3) is 0.875. The van der Waals surface area contributed by atoms with E-state index < -0.39 is 36.6 Å². The Balaban J connectivity index is 2.12. The fourth-order valence-electron chi connectivity index (χ4n) is 2.38. The third kappa shape index (κ3) is 8.93. The van der Waals surface area contributed by atoms with Crippen LogP contribution in [-0.2, 0) is 23.8 Å². The first kappa shape index (κ1) is 23.7. The molecule has 0 radical (unpaired) electrons. The second-order valence-corrected chi connectivity index (χ2v) is 6.16. The van der Waals surface area contributed by atoms with Crippen LogP contribution in [0.15, 0.2) is 0 Å². The van der Waals surface area contributed by atoms with E-state index in [0.717, 1.165) is 0 Å². The van der Waals surface area contributed by atoms with Crippen molar-refractivity contribution in [3.05, 3.63) is 0 Å². The number of aliphatic hydroxyl groups is 3. The van der Waals surface area contributed by atoms with Crippen molar-refractivity contribution in [2.45, 2.75) is 50.4 Å². The number of ether oxygens (including phenoxy) is 3. The largest absolute Gasteiger partial charge is 0.388 e. The molecule has 1 aliphatic heterocycles. The Morgan fingerprint density at radius 3 is 2.30 bits per heavy atom. The molecule has 1 rings (SSSR count). The molecule has 0 aromatic carbocycles. The van der Waals surface area contributed by atoms with Gasteiger partial charge in [0.15, 0.2) is 6.23 Å². The van der Waals surface area contributed by atoms with Gasteiger partial charge in [0.1, 0.15) is 18.3 Å². The summed E-state index contributed by atoms with van der Waals surface area (Å²) in [5.74, 6) is -0.727. The summed E-state index contributed by atoms with van der Waals surface area (Å²) in [6, 6.07) is 0. The molecule has 1 aliphatic rings. The van der Waals surface area contributed by atoms with Gasteiger partial charge in [-0.2, -0.15) is 0 Å². The van der Waals surface area contributed by atoms with E-state index in [-0.39, 0.29) is 31.9 Å². The van der Waals surface area contributed by atoms with E-state index in [1.807, 2.05) is 0 Å². The van der Waals surface area contributed by atoms with Crippen molar-refractivity contribution in [2.24, 2.45) is 5.73 Å². The van der Waals surface area contributed by atoms with Gasteiger partial charge in [0.2, 0.25) is 11.8 Å². The zero-order valence-electron chi connectivity index (χ0n) is 15.5. The Labute approximate surface area is 158 Å². The molecule has 27 heavy (non-hydrogen) atoms. The lowest BCUT2D eigenvalue weighted by molar-refractivity contribution is -0.224. The molecule has 0 saturated carbocycles. The highest BCUT2D eigenvalue weighted by Crippen LogP contribution is 2.19. The Bertz CT molecular complexity index is 453. The number of carbonyl (C=O) groups excluding carboxylic acids is 2. The lowest BCUT2D eigenvalue weighted by Gasteiger charge is -2.39. The van der Waals surface area contributed by atoms with E-state index in [1.165, 1.54) is 6.92 Å². The van der Waals surface area contributed by atoms with Crippen LogP contribution in [0.1, 0.15) is 19.8 Å². The molecule has 1 heterocycles. The number of amides is 2. The van der Waals surface area contributed by atoms with Crippen molar-refractivity contribution < 1.29 is 39.1 Å². The normalized spacial score (nSPS) is 28.0. The van der Waals surface area contributed by atoms with Gasteiger partial charge < -0.3 is 45.9 Å². The molecule has 0 aliphatic carbocycles. The summed E-state index contributed by atoms with van der Waals surface area (Å²) in [4.78, 5) is 23.5. The van der Waals surface area contributed by atoms with Gasteiger partial charge >= 0.3 is 0 Å². The highest BCUT2D eigenvalue weighted by atomic mass is 16.5. The zero-order valence-corrected chi connectivity index (χ0v) is 15.5. The Kier molecular flexibility index (Phi) is 11.4. The summed E-state index contributed by atoms with van der Waals surface area (Å²) in [7, 11) is 0. The molecular formula is C16H31N3O8. The maximum absolute atomic E-state index is 11.9. The lowest BCUT2D eigenvalue weighted by Crippen LogP contribution is -2.61. The van der Waals surface area contributed by atoms with E-state index in [1.54, 1.807) is 0 Å². The predicted molar refractivity (Wildman–Crippen MR) is 93.4 cm³/mol. The second-order valence-electron chi connectivity index (χ2n) is 6.16. The monoisotopic (exact) mass is 393 g/mol. The first-order valence-corrected chi connectivity index (χ1v) is 8.98. The van der Waals surface area contributed by atoms with E-state index in [0.29, 0.717) is 26.4 Å². The number of aliphatic hydroxyl groups excluding tert-OH is 3. The highest BCUT2D eigenvalue weighted by molar-refractivity contribution is 5.79. The first-order chi connectivity index (χ1) is 12.9. The van der Waals surface area contributed by atoms with Crippen molar-refractivity contribution in [2.75, 3.05) is 39.5 Å². The third-order valence-corrected chi connectivity index (χ3v) is 3.94. The minimum Gasteiger partial charge on any atom is -0.388 e. The minimum absolute atomic E-state index is 0.0286. The Morgan fingerprint density at radius 2 is 1.63 bits per heavy atom. The average molecular weight is 393 g/mol. The number of rotatable bonds is 12. The van der Waals surface area contributed by atoms with Gasteiger partial charge in [0.05, 0.1) is 32.5 Å². The van der Waals surface area contributed by atoms with E-state index in [9.17, 15) is 24.9 Å². The van der Waals surface area contributed by atoms with Gasteiger partial charge in [-0.3, -0.25) is 9.59 Å². The van der Waals surface area contributed by atoms with Crippen molar-refractivity contribution in [3.63, 3.8) is 0 Å². The molecule has 11 nitrogen and oxygen atoms in total. The summed E-state index contributed by atoms with van der Waals surface area (Å²) in [6.45, 7) is 3.57. The fourth-order valence-corrected chi connectivity index (χ4v) is 2.38. The number of nitrogens with two attached hydrogens (primary N) is 1. The van der Waals surface area contributed by atoms with Crippen LogP contribution in [-0.4, -0.2) is 97.3 Å². The van der Waals surface area contributed by atoms with Crippen LogP contribution in [0.5, 0.6) is 0 Å². The van der Waals surface area contributed by atoms with Gasteiger partial charge in [-0.1, -0.05) is 0 Å². The molecule has 7 N–H and O–H groups in total. The molecule has 11 heteroatoms. The summed E-state index contributed by atoms with van der Waals surface area (Å²) in [5, 5.41) is 34.1. The molecule has 0 unspecified atom stereocenters. The van der Waals surface area contributed by atoms with Crippen LogP contribution in [0, 0.1) is 0 Å². The van der Waals surface area contributed by atoms with Gasteiger partial charge in [-0.15, -0.1) is 0 Å². The summed E-state index contributed by atoms with van der Waals surface area (Å²) < 4.78 is 15.6. The highest BCUT2D eigenvalue weighted by Gasteiger charge is 2.42. The molecular weight excluding hydrogens is 362 g/mol. The third-order valence-electron chi connectivity index (χ3n) is 3.94. The van der Waals surface area contributed by atoms with E-state index >= 15 is 0 Å². The SMILES string of the molecule is C[C@@H]1O[C@@H](NC(=O)CCNC(=O)CCOCCOCCN)[C@@H](O)[C@H](O)[C@@H]1O. The molecule has 0 bridgehead atoms. The van der Waals surface area contributed by atoms with Crippen molar-refractivity contribution in [3.8, 4) is 0 Å². The summed E-state index contributed by atoms with van der Waals surface area (Å²) in [5.41, 5.74) is 5.27. The quantitative estimate of drug-likeness (QED) is 0.187. The Morgan fingerprint density at radius 1 is 0.963 bits per heavy atom. The van der Waals surface area contributed by atoms with Crippen LogP contribution in [0.3, 0.4) is 0 Å². The molecule has 1 saturated heterocycles. The van der Waals surface area contributed by atoms with Crippen LogP contribution < -0.4 is 16.4 Å². The van der Waals surface area contributed by atoms with Crippen LogP contribution in [0.2, 0.25) is 0 Å². The van der Waals surface area contributed by atoms with E-state index in [2.05, 4.69) is 10.6 Å². The van der Waals surface area contributed by atoms with Crippen molar-refractivity contribution in [1.29, 1.82) is 0 Å². The van der Waals surface area contributed by atoms with Crippen LogP contribution >= 0.6 is 0 Å². The molecule has 158 valence electrons. The maximum Gasteiger partial charge on any atom is 0.223 e. The number of carbonyl (C=O) groups is 2. The second kappa shape index (κ2) is 12.9. The van der Waals surface area contributed by atoms with Crippen molar-refractivity contribution >= 4 is 11.8 Å². The minimum atomic E-state index is -1.44. The molecule has 5 atom stereocenters. The standard InChI is InChI=1S/C16H31N3O8/c1-10-13(22)14(23)15(24)16(27-10)19-12(21)2-5-18-11(20)3-6-25-8-9-26-7-4-17/h10,13-16,22-24H,2-9,17H2,1H3,(H,18,20)(H,19,21)/t10-,13+,14+,15-,16+/m0/s1. The number of nitrogens with one attached hydrogen (secondary N) is 2. The molecule has 1 fully saturated rings. The van der Waals surface area contributed by atoms with E-state index in [4.69, 9.17) is 19.9 Å². The molecule has 0 aromatic heterocycles. The smallest absolute Gasteiger partial charge is 0.223 e. The van der Waals surface area contributed by atoms with Gasteiger partial charge in [0.25, 0.3) is 0 Å². The molecule has 0 aromatic rings. The van der Waals surface area contributed by atoms with Crippen LogP contribution in [0.25, 0.3) is 0 Å². The van der Waals surface area contributed by atoms with Crippen molar-refractivity contribution in [1.82, 2.24) is 10.6 Å². The Hall–Kier alpha value is -1.34. The number of hydrogen-bond donors (Lipinski definition) is 6. The lowest BCUT2D eigenvalue weighted by atomic mass is 9.99. The van der Waals surface area contributed by atoms with Crippen LogP contribution in [0.4, 0.5) is 0 Å². The molecule has 0 spiro atoms. The zero-order chi connectivity index (χ0) is 20.2. The number of hydrogen-bond acceptors (Lipinski definition) is 9. The van der Waals surface area contributed by atoms with Gasteiger partial charge in [-0.25, -0.2) is 0 Å². The first-order valence-electron chi connectivity index (χ1n) is 8.98. The molecule has 2 amide bonds. The van der Waals surface area contributed by atoms with Gasteiger partial charge in [0, 0.05) is 25.9 Å². The topological polar surface area (TPSA) is 173 Å². The summed E-state index contributed by atoms with van der Waals surface area (Å²) in [6.07, 6.45) is -5.84.